The SMILES string of the molecule is CC(=S)C(O)COCCOCCOCCO. The summed E-state index contributed by atoms with van der Waals surface area (Å²) in [6.07, 6.45) is -0.678. The molecule has 1 unspecified atom stereocenters. The van der Waals surface area contributed by atoms with Crippen molar-refractivity contribution in [2.45, 2.75) is 13.0 Å². The van der Waals surface area contributed by atoms with Gasteiger partial charge in [-0.2, -0.15) is 0 Å². The molecular weight excluding hydrogens is 232 g/mol. The zero-order valence-electron chi connectivity index (χ0n) is 9.55. The molecule has 0 aromatic heterocycles. The molecule has 0 aliphatic carbocycles. The Labute approximate surface area is 101 Å². The molecule has 0 aliphatic heterocycles. The highest BCUT2D eigenvalue weighted by Crippen LogP contribution is 1.90. The molecule has 0 aliphatic rings. The minimum absolute atomic E-state index is 0.0257. The number of thiocarbonyl (C=S) groups is 1. The van der Waals surface area contributed by atoms with E-state index in [2.05, 4.69) is 0 Å². The predicted molar refractivity (Wildman–Crippen MR) is 63.8 cm³/mol. The van der Waals surface area contributed by atoms with Gasteiger partial charge in [-0.25, -0.2) is 0 Å². The van der Waals surface area contributed by atoms with Crippen LogP contribution in [0.3, 0.4) is 0 Å². The van der Waals surface area contributed by atoms with Gasteiger partial charge in [-0.15, -0.1) is 0 Å². The molecule has 0 amide bonds. The van der Waals surface area contributed by atoms with Crippen molar-refractivity contribution in [3.05, 3.63) is 0 Å². The Morgan fingerprint density at radius 2 is 1.56 bits per heavy atom. The molecule has 0 aromatic rings. The Morgan fingerprint density at radius 1 is 1.06 bits per heavy atom. The van der Waals surface area contributed by atoms with Crippen LogP contribution in [0.1, 0.15) is 6.92 Å². The van der Waals surface area contributed by atoms with Crippen molar-refractivity contribution in [1.29, 1.82) is 0 Å². The van der Waals surface area contributed by atoms with Crippen LogP contribution >= 0.6 is 12.2 Å². The third-order valence-electron chi connectivity index (χ3n) is 1.72. The van der Waals surface area contributed by atoms with Crippen molar-refractivity contribution in [2.24, 2.45) is 0 Å². The molecule has 0 fully saturated rings. The summed E-state index contributed by atoms with van der Waals surface area (Å²) in [6, 6.07) is 0. The lowest BCUT2D eigenvalue weighted by molar-refractivity contribution is -0.00280. The molecular formula is C10H20O5S. The van der Waals surface area contributed by atoms with Crippen LogP contribution in [-0.4, -0.2) is 67.4 Å². The quantitative estimate of drug-likeness (QED) is 0.391. The fraction of sp³-hybridized carbons (Fsp3) is 0.900. The second-order valence-corrected chi connectivity index (χ2v) is 3.79. The molecule has 5 nitrogen and oxygen atoms in total. The summed E-state index contributed by atoms with van der Waals surface area (Å²) >= 11 is 4.78. The summed E-state index contributed by atoms with van der Waals surface area (Å²) in [7, 11) is 0. The molecule has 1 atom stereocenters. The molecule has 96 valence electrons. The first-order chi connectivity index (χ1) is 7.68. The molecule has 0 heterocycles. The van der Waals surface area contributed by atoms with Crippen molar-refractivity contribution in [3.8, 4) is 0 Å². The third kappa shape index (κ3) is 10.4. The lowest BCUT2D eigenvalue weighted by atomic mass is 10.3. The van der Waals surface area contributed by atoms with Gasteiger partial charge in [0.05, 0.1) is 46.2 Å². The van der Waals surface area contributed by atoms with Crippen LogP contribution < -0.4 is 0 Å². The molecule has 2 N–H and O–H groups in total. The lowest BCUT2D eigenvalue weighted by Gasteiger charge is -2.09. The number of aliphatic hydroxyl groups is 2. The van der Waals surface area contributed by atoms with E-state index in [0.29, 0.717) is 37.9 Å². The second kappa shape index (κ2) is 11.4. The topological polar surface area (TPSA) is 68.2 Å². The van der Waals surface area contributed by atoms with Crippen LogP contribution in [0, 0.1) is 0 Å². The Morgan fingerprint density at radius 3 is 2.06 bits per heavy atom. The zero-order chi connectivity index (χ0) is 12.2. The first-order valence-corrected chi connectivity index (χ1v) is 5.62. The van der Waals surface area contributed by atoms with Gasteiger partial charge in [0.15, 0.2) is 0 Å². The van der Waals surface area contributed by atoms with Gasteiger partial charge in [0.2, 0.25) is 0 Å². The van der Waals surface area contributed by atoms with E-state index in [1.807, 2.05) is 0 Å². The van der Waals surface area contributed by atoms with Crippen LogP contribution in [0.15, 0.2) is 0 Å². The van der Waals surface area contributed by atoms with E-state index < -0.39 is 6.10 Å². The molecule has 0 rings (SSSR count). The predicted octanol–water partition coefficient (Wildman–Crippen LogP) is -0.221. The van der Waals surface area contributed by atoms with E-state index in [1.165, 1.54) is 0 Å². The Hall–Kier alpha value is -0.110. The molecule has 16 heavy (non-hydrogen) atoms. The van der Waals surface area contributed by atoms with Gasteiger partial charge in [0, 0.05) is 4.86 Å². The maximum atomic E-state index is 9.28. The summed E-state index contributed by atoms with van der Waals surface area (Å²) in [5, 5.41) is 17.7. The van der Waals surface area contributed by atoms with Gasteiger partial charge in [-0.05, 0) is 6.92 Å². The van der Waals surface area contributed by atoms with E-state index in [4.69, 9.17) is 31.5 Å². The van der Waals surface area contributed by atoms with Crippen molar-refractivity contribution in [3.63, 3.8) is 0 Å². The van der Waals surface area contributed by atoms with Crippen molar-refractivity contribution in [1.82, 2.24) is 0 Å². The normalized spacial score (nSPS) is 12.7. The van der Waals surface area contributed by atoms with Crippen LogP contribution in [0.2, 0.25) is 0 Å². The highest BCUT2D eigenvalue weighted by atomic mass is 32.1. The summed E-state index contributed by atoms with van der Waals surface area (Å²) in [4.78, 5) is 0.526. The number of hydrogen-bond acceptors (Lipinski definition) is 6. The standard InChI is InChI=1S/C10H20O5S/c1-9(16)10(12)8-15-7-6-14-5-4-13-3-2-11/h10-12H,2-8H2,1H3. The number of hydrogen-bond donors (Lipinski definition) is 2. The molecule has 0 radical (unpaired) electrons. The molecule has 6 heteroatoms. The molecule has 0 spiro atoms. The van der Waals surface area contributed by atoms with Crippen LogP contribution in [-0.2, 0) is 14.2 Å². The summed E-state index contributed by atoms with van der Waals surface area (Å²) in [5.74, 6) is 0. The van der Waals surface area contributed by atoms with Crippen molar-refractivity contribution in [2.75, 3.05) is 46.2 Å². The highest BCUT2D eigenvalue weighted by Gasteiger charge is 2.04. The maximum Gasteiger partial charge on any atom is 0.108 e. The van der Waals surface area contributed by atoms with Crippen molar-refractivity contribution < 1.29 is 24.4 Å². The number of ether oxygens (including phenoxy) is 3. The number of aliphatic hydroxyl groups excluding tert-OH is 2. The van der Waals surface area contributed by atoms with Gasteiger partial charge < -0.3 is 24.4 Å². The Balaban J connectivity index is 3.07. The van der Waals surface area contributed by atoms with E-state index in [-0.39, 0.29) is 13.2 Å². The van der Waals surface area contributed by atoms with E-state index in [9.17, 15) is 5.11 Å². The van der Waals surface area contributed by atoms with Gasteiger partial charge in [-0.1, -0.05) is 12.2 Å². The Bertz CT molecular complexity index is 177. The molecule has 0 bridgehead atoms. The van der Waals surface area contributed by atoms with E-state index in [1.54, 1.807) is 6.92 Å². The zero-order valence-corrected chi connectivity index (χ0v) is 10.4. The summed E-state index contributed by atoms with van der Waals surface area (Å²) in [5.41, 5.74) is 0. The monoisotopic (exact) mass is 252 g/mol. The average Bonchev–Trinajstić information content (AvgIpc) is 2.26. The molecule has 0 saturated carbocycles. The smallest absolute Gasteiger partial charge is 0.108 e. The van der Waals surface area contributed by atoms with Crippen molar-refractivity contribution >= 4 is 17.1 Å². The highest BCUT2D eigenvalue weighted by molar-refractivity contribution is 7.80. The van der Waals surface area contributed by atoms with Crippen LogP contribution in [0.25, 0.3) is 0 Å². The fourth-order valence-corrected chi connectivity index (χ4v) is 0.885. The average molecular weight is 252 g/mol. The van der Waals surface area contributed by atoms with E-state index in [0.717, 1.165) is 0 Å². The van der Waals surface area contributed by atoms with Gasteiger partial charge >= 0.3 is 0 Å². The van der Waals surface area contributed by atoms with Gasteiger partial charge in [-0.3, -0.25) is 0 Å². The minimum atomic E-state index is -0.678. The van der Waals surface area contributed by atoms with Gasteiger partial charge in [0.1, 0.15) is 6.10 Å². The molecule has 0 saturated heterocycles. The maximum absolute atomic E-state index is 9.28. The first kappa shape index (κ1) is 15.9. The largest absolute Gasteiger partial charge is 0.394 e. The third-order valence-corrected chi connectivity index (χ3v) is 2.00. The molecule has 0 aromatic carbocycles. The minimum Gasteiger partial charge on any atom is -0.394 e. The van der Waals surface area contributed by atoms with Crippen LogP contribution in [0.5, 0.6) is 0 Å². The Kier molecular flexibility index (Phi) is 11.3. The summed E-state index contributed by atoms with van der Waals surface area (Å²) < 4.78 is 15.3. The summed E-state index contributed by atoms with van der Waals surface area (Å²) in [6.45, 7) is 4.04. The van der Waals surface area contributed by atoms with Gasteiger partial charge in [0.25, 0.3) is 0 Å². The second-order valence-electron chi connectivity index (χ2n) is 3.15. The van der Waals surface area contributed by atoms with Crippen LogP contribution in [0.4, 0.5) is 0 Å². The van der Waals surface area contributed by atoms with E-state index >= 15 is 0 Å². The first-order valence-electron chi connectivity index (χ1n) is 5.21. The lowest BCUT2D eigenvalue weighted by Crippen LogP contribution is -2.23. The fourth-order valence-electron chi connectivity index (χ4n) is 0.817. The number of rotatable bonds is 11.